The number of rotatable bonds is 11. The van der Waals surface area contributed by atoms with E-state index in [1.807, 2.05) is 30.3 Å². The van der Waals surface area contributed by atoms with Crippen molar-refractivity contribution in [2.24, 2.45) is 0 Å². The molecule has 0 fully saturated rings. The molecule has 57 heavy (non-hydrogen) atoms. The first kappa shape index (κ1) is 49.1. The number of benzene rings is 2. The van der Waals surface area contributed by atoms with Gasteiger partial charge in [-0.3, -0.25) is 4.79 Å². The van der Waals surface area contributed by atoms with Crippen LogP contribution in [0.25, 0.3) is 22.3 Å². The highest BCUT2D eigenvalue weighted by Gasteiger charge is 2.45. The average Bonchev–Trinajstić information content (AvgIpc) is 2.95. The van der Waals surface area contributed by atoms with Crippen LogP contribution < -0.4 is 27.6 Å². The molecule has 2 aromatic carbocycles. The summed E-state index contributed by atoms with van der Waals surface area (Å²) in [5, 5.41) is -0.0800. The van der Waals surface area contributed by atoms with Crippen molar-refractivity contribution in [1.29, 1.82) is 0 Å². The molecule has 0 saturated heterocycles. The van der Waals surface area contributed by atoms with Gasteiger partial charge >= 0.3 is 0 Å². The number of hydrogen-bond donors (Lipinski definition) is 0. The topological polar surface area (TPSA) is 76.4 Å². The standard InChI is InChI=1S/C45H80O7Si5/c1-41(2,3)53(16,17)48-32-29-35-37(36(30-32)51-56(22,23)44(10,11)12)38(46)40(52-57(24,25)45(13,14)15)39(47-35)31-26-27-33(49-54(18,19)42(4,5)6)34(28-31)50-55(20,21)43(7,8)9/h26-30H,1-25H3. The summed E-state index contributed by atoms with van der Waals surface area (Å²) >= 11 is 0. The molecule has 3 rings (SSSR count). The number of fused-ring (bicyclic) bond motifs is 1. The maximum Gasteiger partial charge on any atom is 0.250 e. The zero-order valence-corrected chi connectivity index (χ0v) is 45.7. The summed E-state index contributed by atoms with van der Waals surface area (Å²) in [5.41, 5.74) is 0.828. The summed E-state index contributed by atoms with van der Waals surface area (Å²) in [4.78, 5) is 15.3. The first-order valence-corrected chi connectivity index (χ1v) is 35.3. The SMILES string of the molecule is CC(C)(C)[Si](C)(C)Oc1cc(O[Si](C)(C)C(C)(C)C)c2c(=O)c(O[Si](C)(C)C(C)(C)C)c(-c3ccc(O[Si](C)(C)C(C)(C)C)c(O[Si](C)(C)C(C)(C)C)c3)oc2c1. The van der Waals surface area contributed by atoms with Crippen LogP contribution in [0, 0.1) is 0 Å². The summed E-state index contributed by atoms with van der Waals surface area (Å²) < 4.78 is 42.1. The minimum atomic E-state index is -2.58. The molecule has 0 spiro atoms. The molecule has 322 valence electrons. The predicted octanol–water partition coefficient (Wildman–Crippen LogP) is 15.4. The molecule has 0 atom stereocenters. The lowest BCUT2D eigenvalue weighted by molar-refractivity contribution is 0.440. The molecule has 0 aliphatic carbocycles. The molecular formula is C45H80O7Si5. The van der Waals surface area contributed by atoms with Crippen LogP contribution in [-0.2, 0) is 0 Å². The molecule has 0 N–H and O–H groups in total. The van der Waals surface area contributed by atoms with Gasteiger partial charge in [-0.1, -0.05) is 104 Å². The zero-order valence-electron chi connectivity index (χ0n) is 40.7. The summed E-state index contributed by atoms with van der Waals surface area (Å²) in [7, 11) is -11.9. The van der Waals surface area contributed by atoms with Crippen LogP contribution in [0.5, 0.6) is 28.7 Å². The van der Waals surface area contributed by atoms with Crippen molar-refractivity contribution in [3.05, 3.63) is 40.6 Å². The van der Waals surface area contributed by atoms with E-state index in [9.17, 15) is 0 Å². The van der Waals surface area contributed by atoms with Gasteiger partial charge in [0.15, 0.2) is 11.5 Å². The highest BCUT2D eigenvalue weighted by atomic mass is 28.4. The van der Waals surface area contributed by atoms with E-state index in [1.54, 1.807) is 0 Å². The molecule has 0 amide bonds. The van der Waals surface area contributed by atoms with Crippen molar-refractivity contribution >= 4 is 52.6 Å². The summed E-state index contributed by atoms with van der Waals surface area (Å²) in [6.07, 6.45) is 0. The van der Waals surface area contributed by atoms with Gasteiger partial charge in [0.1, 0.15) is 34.0 Å². The molecule has 3 aromatic rings. The minimum Gasteiger partial charge on any atom is -0.543 e. The zero-order chi connectivity index (χ0) is 44.6. The molecule has 7 nitrogen and oxygen atoms in total. The molecule has 0 aliphatic heterocycles. The number of hydrogen-bond acceptors (Lipinski definition) is 7. The lowest BCUT2D eigenvalue weighted by Gasteiger charge is -2.40. The normalized spacial score (nSPS) is 14.5. The van der Waals surface area contributed by atoms with E-state index >= 15 is 4.79 Å². The van der Waals surface area contributed by atoms with Crippen molar-refractivity contribution in [3.63, 3.8) is 0 Å². The molecular weight excluding hydrogens is 793 g/mol. The van der Waals surface area contributed by atoms with Gasteiger partial charge < -0.3 is 26.5 Å². The third-order valence-corrected chi connectivity index (χ3v) is 35.7. The first-order valence-electron chi connectivity index (χ1n) is 20.8. The summed E-state index contributed by atoms with van der Waals surface area (Å²) in [5.74, 6) is 3.04. The highest BCUT2D eigenvalue weighted by Crippen LogP contribution is 2.49. The lowest BCUT2D eigenvalue weighted by atomic mass is 10.1. The van der Waals surface area contributed by atoms with Crippen molar-refractivity contribution in [2.75, 3.05) is 0 Å². The first-order chi connectivity index (χ1) is 25.1. The third-order valence-electron chi connectivity index (χ3n) is 14.0. The quantitative estimate of drug-likeness (QED) is 0.178. The Bertz CT molecular complexity index is 1990. The van der Waals surface area contributed by atoms with E-state index in [0.717, 1.165) is 0 Å². The van der Waals surface area contributed by atoms with E-state index < -0.39 is 41.6 Å². The Morgan fingerprint density at radius 3 is 1.23 bits per heavy atom. The van der Waals surface area contributed by atoms with Gasteiger partial charge in [0.05, 0.1) is 0 Å². The smallest absolute Gasteiger partial charge is 0.250 e. The van der Waals surface area contributed by atoms with Crippen molar-refractivity contribution in [1.82, 2.24) is 0 Å². The second-order valence-electron chi connectivity index (χ2n) is 23.9. The third kappa shape index (κ3) is 10.6. The van der Waals surface area contributed by atoms with Crippen molar-refractivity contribution < 1.29 is 26.5 Å². The van der Waals surface area contributed by atoms with E-state index in [0.29, 0.717) is 45.3 Å². The monoisotopic (exact) mass is 872 g/mol. The predicted molar refractivity (Wildman–Crippen MR) is 257 cm³/mol. The van der Waals surface area contributed by atoms with E-state index in [1.165, 1.54) is 0 Å². The Balaban J connectivity index is 2.59. The van der Waals surface area contributed by atoms with E-state index in [2.05, 4.69) is 169 Å². The maximum absolute atomic E-state index is 15.3. The Morgan fingerprint density at radius 2 is 0.807 bits per heavy atom. The second-order valence-corrected chi connectivity index (χ2v) is 47.5. The van der Waals surface area contributed by atoms with Crippen LogP contribution in [0.15, 0.2) is 39.5 Å². The minimum absolute atomic E-state index is 0.0242. The van der Waals surface area contributed by atoms with Gasteiger partial charge in [-0.25, -0.2) is 0 Å². The van der Waals surface area contributed by atoms with Gasteiger partial charge in [0, 0.05) is 17.7 Å². The van der Waals surface area contributed by atoms with Crippen LogP contribution >= 0.6 is 0 Å². The van der Waals surface area contributed by atoms with Gasteiger partial charge in [-0.2, -0.15) is 0 Å². The summed E-state index contributed by atoms with van der Waals surface area (Å²) in [6.45, 7) is 55.3. The fourth-order valence-corrected chi connectivity index (χ4v) is 9.69. The Kier molecular flexibility index (Phi) is 13.2. The molecule has 0 radical (unpaired) electrons. The second kappa shape index (κ2) is 15.3. The highest BCUT2D eigenvalue weighted by molar-refractivity contribution is 6.76. The van der Waals surface area contributed by atoms with Gasteiger partial charge in [0.25, 0.3) is 33.3 Å². The fraction of sp³-hybridized carbons (Fsp3) is 0.667. The van der Waals surface area contributed by atoms with Gasteiger partial charge in [-0.15, -0.1) is 0 Å². The molecule has 12 heteroatoms. The molecule has 0 bridgehead atoms. The Hall–Kier alpha value is -2.27. The van der Waals surface area contributed by atoms with Crippen LogP contribution in [0.1, 0.15) is 104 Å². The Morgan fingerprint density at radius 1 is 0.439 bits per heavy atom. The molecule has 1 aromatic heterocycles. The van der Waals surface area contributed by atoms with Crippen LogP contribution in [-0.4, -0.2) is 41.6 Å². The molecule has 0 aliphatic rings. The van der Waals surface area contributed by atoms with Gasteiger partial charge in [-0.05, 0) is 109 Å². The van der Waals surface area contributed by atoms with Crippen LogP contribution in [0.3, 0.4) is 0 Å². The average molecular weight is 874 g/mol. The maximum atomic E-state index is 15.3. The fourth-order valence-electron chi connectivity index (χ4n) is 4.62. The molecule has 0 saturated carbocycles. The van der Waals surface area contributed by atoms with E-state index in [-0.39, 0.29) is 36.4 Å². The van der Waals surface area contributed by atoms with Crippen LogP contribution in [0.2, 0.25) is 90.7 Å². The Labute approximate surface area is 352 Å². The van der Waals surface area contributed by atoms with Crippen LogP contribution in [0.4, 0.5) is 0 Å². The van der Waals surface area contributed by atoms with E-state index in [4.69, 9.17) is 26.5 Å². The lowest BCUT2D eigenvalue weighted by Crippen LogP contribution is -2.45. The van der Waals surface area contributed by atoms with Crippen molar-refractivity contribution in [2.45, 2.75) is 195 Å². The largest absolute Gasteiger partial charge is 0.543 e. The van der Waals surface area contributed by atoms with Crippen molar-refractivity contribution in [3.8, 4) is 40.1 Å². The molecule has 0 unspecified atom stereocenters. The summed E-state index contributed by atoms with van der Waals surface area (Å²) in [6, 6.07) is 9.74. The van der Waals surface area contributed by atoms with Gasteiger partial charge in [0.2, 0.25) is 13.7 Å². The molecule has 1 heterocycles.